The van der Waals surface area contributed by atoms with Crippen LogP contribution in [0.2, 0.25) is 0 Å². The molecule has 74 valence electrons. The Labute approximate surface area is 76.7 Å². The van der Waals surface area contributed by atoms with Gasteiger partial charge >= 0.3 is 5.97 Å². The maximum atomic E-state index is 11.4. The Kier molecular flexibility index (Phi) is 3.25. The molecule has 0 aliphatic carbocycles. The van der Waals surface area contributed by atoms with Gasteiger partial charge in [0.05, 0.1) is 6.54 Å². The Morgan fingerprint density at radius 3 is 2.85 bits per heavy atom. The third kappa shape index (κ3) is 2.18. The van der Waals surface area contributed by atoms with Gasteiger partial charge in [0.2, 0.25) is 5.91 Å². The lowest BCUT2D eigenvalue weighted by molar-refractivity contribution is -0.147. The number of hydrogen-bond donors (Lipinski definition) is 2. The molecule has 0 unspecified atom stereocenters. The summed E-state index contributed by atoms with van der Waals surface area (Å²) in [5, 5.41) is 11.5. The van der Waals surface area contributed by atoms with E-state index in [1.807, 2.05) is 0 Å². The lowest BCUT2D eigenvalue weighted by Gasteiger charge is -2.20. The van der Waals surface area contributed by atoms with Crippen LogP contribution in [0.25, 0.3) is 0 Å². The summed E-state index contributed by atoms with van der Waals surface area (Å²) in [7, 11) is 1.67. The normalized spacial score (nSPS) is 21.9. The van der Waals surface area contributed by atoms with Gasteiger partial charge in [-0.2, -0.15) is 0 Å². The fourth-order valence-corrected chi connectivity index (χ4v) is 1.57. The van der Waals surface area contributed by atoms with Gasteiger partial charge in [-0.1, -0.05) is 0 Å². The molecule has 1 aliphatic rings. The number of nitrogens with zero attached hydrogens (tertiary/aromatic N) is 1. The molecule has 0 aromatic heterocycles. The van der Waals surface area contributed by atoms with Crippen molar-refractivity contribution in [3.05, 3.63) is 0 Å². The predicted molar refractivity (Wildman–Crippen MR) is 46.3 cm³/mol. The minimum absolute atomic E-state index is 0.132. The zero-order valence-corrected chi connectivity index (χ0v) is 7.62. The molecule has 1 rings (SSSR count). The standard InChI is InChI=1S/C8H14N2O3/c1-9-5-7(11)10-4-2-3-6(10)8(12)13/h6,9H,2-5H2,1H3,(H,12,13)/t6-/m1/s1. The minimum atomic E-state index is -0.901. The van der Waals surface area contributed by atoms with Gasteiger partial charge in [0.1, 0.15) is 6.04 Å². The fourth-order valence-electron chi connectivity index (χ4n) is 1.57. The minimum Gasteiger partial charge on any atom is -0.480 e. The van der Waals surface area contributed by atoms with Crippen molar-refractivity contribution < 1.29 is 14.7 Å². The van der Waals surface area contributed by atoms with E-state index in [-0.39, 0.29) is 12.5 Å². The predicted octanol–water partition coefficient (Wildman–Crippen LogP) is -0.719. The van der Waals surface area contributed by atoms with Crippen LogP contribution in [0.15, 0.2) is 0 Å². The van der Waals surface area contributed by atoms with Crippen LogP contribution in [-0.2, 0) is 9.59 Å². The van der Waals surface area contributed by atoms with E-state index < -0.39 is 12.0 Å². The molecule has 1 fully saturated rings. The molecule has 1 aliphatic heterocycles. The van der Waals surface area contributed by atoms with Crippen LogP contribution in [-0.4, -0.2) is 48.1 Å². The number of aliphatic carboxylic acids is 1. The van der Waals surface area contributed by atoms with E-state index >= 15 is 0 Å². The Bertz CT molecular complexity index is 217. The van der Waals surface area contributed by atoms with Crippen molar-refractivity contribution in [2.24, 2.45) is 0 Å². The van der Waals surface area contributed by atoms with Gasteiger partial charge in [-0.3, -0.25) is 4.79 Å². The first-order valence-corrected chi connectivity index (χ1v) is 4.33. The van der Waals surface area contributed by atoms with Gasteiger partial charge in [-0.25, -0.2) is 4.79 Å². The third-order valence-corrected chi connectivity index (χ3v) is 2.19. The Balaban J connectivity index is 2.57. The maximum Gasteiger partial charge on any atom is 0.326 e. The van der Waals surface area contributed by atoms with Gasteiger partial charge in [0.25, 0.3) is 0 Å². The quantitative estimate of drug-likeness (QED) is 0.610. The van der Waals surface area contributed by atoms with E-state index in [9.17, 15) is 9.59 Å². The molecular weight excluding hydrogens is 172 g/mol. The van der Waals surface area contributed by atoms with Crippen molar-refractivity contribution in [2.75, 3.05) is 20.1 Å². The van der Waals surface area contributed by atoms with Crippen molar-refractivity contribution in [1.82, 2.24) is 10.2 Å². The van der Waals surface area contributed by atoms with E-state index in [2.05, 4.69) is 5.32 Å². The van der Waals surface area contributed by atoms with E-state index in [1.165, 1.54) is 4.90 Å². The average Bonchev–Trinajstić information content (AvgIpc) is 2.52. The van der Waals surface area contributed by atoms with Crippen molar-refractivity contribution >= 4 is 11.9 Å². The molecule has 1 amide bonds. The number of likely N-dealkylation sites (tertiary alicyclic amines) is 1. The molecule has 1 saturated heterocycles. The smallest absolute Gasteiger partial charge is 0.326 e. The van der Waals surface area contributed by atoms with Crippen LogP contribution < -0.4 is 5.32 Å². The van der Waals surface area contributed by atoms with Crippen LogP contribution in [0.3, 0.4) is 0 Å². The molecule has 0 radical (unpaired) electrons. The largest absolute Gasteiger partial charge is 0.480 e. The van der Waals surface area contributed by atoms with Crippen LogP contribution in [0, 0.1) is 0 Å². The van der Waals surface area contributed by atoms with Crippen LogP contribution >= 0.6 is 0 Å². The molecule has 2 N–H and O–H groups in total. The number of amides is 1. The van der Waals surface area contributed by atoms with E-state index in [4.69, 9.17) is 5.11 Å². The fraction of sp³-hybridized carbons (Fsp3) is 0.750. The summed E-state index contributed by atoms with van der Waals surface area (Å²) in [6, 6.07) is -0.610. The average molecular weight is 186 g/mol. The summed E-state index contributed by atoms with van der Waals surface area (Å²) in [6.07, 6.45) is 1.36. The summed E-state index contributed by atoms with van der Waals surface area (Å²) in [5.74, 6) is -1.03. The molecule has 0 bridgehead atoms. The SMILES string of the molecule is CNCC(=O)N1CCC[C@@H]1C(=O)O. The molecule has 0 aromatic carbocycles. The number of nitrogens with one attached hydrogen (secondary N) is 1. The molecule has 0 spiro atoms. The number of likely N-dealkylation sites (N-methyl/N-ethyl adjacent to an activating group) is 1. The number of carbonyl (C=O) groups is 2. The molecule has 13 heavy (non-hydrogen) atoms. The summed E-state index contributed by atoms with van der Waals surface area (Å²) in [6.45, 7) is 0.779. The van der Waals surface area contributed by atoms with E-state index in [1.54, 1.807) is 7.05 Å². The summed E-state index contributed by atoms with van der Waals surface area (Å²) < 4.78 is 0. The van der Waals surface area contributed by atoms with Gasteiger partial charge in [0.15, 0.2) is 0 Å². The highest BCUT2D eigenvalue weighted by atomic mass is 16.4. The first-order valence-electron chi connectivity index (χ1n) is 4.33. The molecule has 0 aromatic rings. The van der Waals surface area contributed by atoms with Gasteiger partial charge < -0.3 is 15.3 Å². The Morgan fingerprint density at radius 2 is 2.31 bits per heavy atom. The summed E-state index contributed by atoms with van der Waals surface area (Å²) in [5.41, 5.74) is 0. The second kappa shape index (κ2) is 4.23. The molecule has 5 nitrogen and oxygen atoms in total. The number of rotatable bonds is 3. The number of carboxylic acid groups (broad SMARTS) is 1. The second-order valence-corrected chi connectivity index (χ2v) is 3.11. The summed E-state index contributed by atoms with van der Waals surface area (Å²) >= 11 is 0. The molecule has 1 atom stereocenters. The molecular formula is C8H14N2O3. The highest BCUT2D eigenvalue weighted by Crippen LogP contribution is 2.16. The van der Waals surface area contributed by atoms with Crippen molar-refractivity contribution in [3.8, 4) is 0 Å². The number of carbonyl (C=O) groups excluding carboxylic acids is 1. The Hall–Kier alpha value is -1.10. The monoisotopic (exact) mass is 186 g/mol. The highest BCUT2D eigenvalue weighted by Gasteiger charge is 2.33. The van der Waals surface area contributed by atoms with Crippen LogP contribution in [0.4, 0.5) is 0 Å². The lowest BCUT2D eigenvalue weighted by Crippen LogP contribution is -2.43. The van der Waals surface area contributed by atoms with E-state index in [0.717, 1.165) is 6.42 Å². The first-order chi connectivity index (χ1) is 6.16. The summed E-state index contributed by atoms with van der Waals surface area (Å²) in [4.78, 5) is 23.5. The van der Waals surface area contributed by atoms with Gasteiger partial charge in [0, 0.05) is 6.54 Å². The van der Waals surface area contributed by atoms with Crippen LogP contribution in [0.1, 0.15) is 12.8 Å². The van der Waals surface area contributed by atoms with Crippen molar-refractivity contribution in [1.29, 1.82) is 0 Å². The van der Waals surface area contributed by atoms with Crippen molar-refractivity contribution in [3.63, 3.8) is 0 Å². The number of hydrogen-bond acceptors (Lipinski definition) is 3. The first kappa shape index (κ1) is 9.98. The van der Waals surface area contributed by atoms with E-state index in [0.29, 0.717) is 13.0 Å². The molecule has 5 heteroatoms. The zero-order chi connectivity index (χ0) is 9.84. The van der Waals surface area contributed by atoms with Gasteiger partial charge in [-0.05, 0) is 19.9 Å². The topological polar surface area (TPSA) is 69.6 Å². The maximum absolute atomic E-state index is 11.4. The second-order valence-electron chi connectivity index (χ2n) is 3.11. The Morgan fingerprint density at radius 1 is 1.62 bits per heavy atom. The lowest BCUT2D eigenvalue weighted by atomic mass is 10.2. The number of carboxylic acids is 1. The van der Waals surface area contributed by atoms with Gasteiger partial charge in [-0.15, -0.1) is 0 Å². The molecule has 1 heterocycles. The molecule has 0 saturated carbocycles. The highest BCUT2D eigenvalue weighted by molar-refractivity contribution is 5.85. The third-order valence-electron chi connectivity index (χ3n) is 2.19. The zero-order valence-electron chi connectivity index (χ0n) is 7.62. The van der Waals surface area contributed by atoms with Crippen LogP contribution in [0.5, 0.6) is 0 Å². The van der Waals surface area contributed by atoms with Crippen molar-refractivity contribution in [2.45, 2.75) is 18.9 Å².